The van der Waals surface area contributed by atoms with Gasteiger partial charge in [-0.3, -0.25) is 14.2 Å². The van der Waals surface area contributed by atoms with E-state index >= 15 is 0 Å². The molecule has 2 saturated heterocycles. The van der Waals surface area contributed by atoms with Crippen LogP contribution in [0.2, 0.25) is 0 Å². The Morgan fingerprint density at radius 2 is 1.75 bits per heavy atom. The monoisotopic (exact) mass is 432 g/mol. The van der Waals surface area contributed by atoms with Crippen molar-refractivity contribution in [3.05, 3.63) is 64.6 Å². The number of para-hydroxylation sites is 2. The van der Waals surface area contributed by atoms with Gasteiger partial charge in [-0.2, -0.15) is 0 Å². The lowest BCUT2D eigenvalue weighted by atomic mass is 10.0. The summed E-state index contributed by atoms with van der Waals surface area (Å²) in [4.78, 5) is 44.8. The normalized spacial score (nSPS) is 19.8. The van der Waals surface area contributed by atoms with E-state index < -0.39 is 0 Å². The van der Waals surface area contributed by atoms with Crippen LogP contribution in [0.25, 0.3) is 11.0 Å². The summed E-state index contributed by atoms with van der Waals surface area (Å²) >= 11 is 0. The molecule has 0 saturated carbocycles. The molecule has 3 aromatic rings. The Bertz CT molecular complexity index is 1200. The molecule has 2 aliphatic rings. The van der Waals surface area contributed by atoms with Crippen molar-refractivity contribution in [2.45, 2.75) is 38.6 Å². The molecular formula is C25H28N4O3. The minimum atomic E-state index is -0.305. The summed E-state index contributed by atoms with van der Waals surface area (Å²) in [6, 6.07) is 15.8. The molecule has 0 unspecified atom stereocenters. The summed E-state index contributed by atoms with van der Waals surface area (Å²) in [7, 11) is 0. The molecule has 0 bridgehead atoms. The first-order chi connectivity index (χ1) is 15.5. The minimum absolute atomic E-state index is 0.00725. The van der Waals surface area contributed by atoms with E-state index in [-0.39, 0.29) is 35.9 Å². The largest absolute Gasteiger partial charge is 0.342 e. The standard InChI is InChI=1S/C25H28N4O3/c1-2-17-7-9-19(10-8-17)28-16-18(15-23(28)30)24(31)27-13-11-20(12-14-27)29-22-6-4-3-5-21(22)26-25(29)32/h3-10,18,20H,2,11-16H2,1H3,(H,26,32)/t18-/m1/s1. The summed E-state index contributed by atoms with van der Waals surface area (Å²) in [6.45, 7) is 3.74. The number of aromatic amines is 1. The molecule has 1 atom stereocenters. The lowest BCUT2D eigenvalue weighted by Gasteiger charge is -2.34. The molecule has 3 heterocycles. The number of benzene rings is 2. The Morgan fingerprint density at radius 1 is 1.03 bits per heavy atom. The molecule has 166 valence electrons. The number of nitrogens with one attached hydrogen (secondary N) is 1. The topological polar surface area (TPSA) is 78.4 Å². The van der Waals surface area contributed by atoms with Crippen molar-refractivity contribution in [1.82, 2.24) is 14.5 Å². The zero-order chi connectivity index (χ0) is 22.2. The molecule has 5 rings (SSSR count). The summed E-state index contributed by atoms with van der Waals surface area (Å²) < 4.78 is 1.83. The SMILES string of the molecule is CCc1ccc(N2C[C@H](C(=O)N3CCC(n4c(=O)[nH]c5ccccc54)CC3)CC2=O)cc1. The number of aromatic nitrogens is 2. The zero-order valence-corrected chi connectivity index (χ0v) is 18.3. The van der Waals surface area contributed by atoms with Gasteiger partial charge in [-0.05, 0) is 49.1 Å². The van der Waals surface area contributed by atoms with Crippen molar-refractivity contribution in [1.29, 1.82) is 0 Å². The number of piperidine rings is 1. The predicted octanol–water partition coefficient (Wildman–Crippen LogP) is 3.11. The first-order valence-electron chi connectivity index (χ1n) is 11.4. The minimum Gasteiger partial charge on any atom is -0.342 e. The maximum absolute atomic E-state index is 13.2. The van der Waals surface area contributed by atoms with Crippen molar-refractivity contribution < 1.29 is 9.59 Å². The van der Waals surface area contributed by atoms with E-state index in [0.29, 0.717) is 19.6 Å². The second-order valence-electron chi connectivity index (χ2n) is 8.80. The Hall–Kier alpha value is -3.35. The number of likely N-dealkylation sites (tertiary alicyclic amines) is 1. The molecule has 0 radical (unpaired) electrons. The highest BCUT2D eigenvalue weighted by Crippen LogP contribution is 2.30. The van der Waals surface area contributed by atoms with Gasteiger partial charge >= 0.3 is 5.69 Å². The predicted molar refractivity (Wildman–Crippen MR) is 124 cm³/mol. The Kier molecular flexibility index (Phi) is 5.33. The highest BCUT2D eigenvalue weighted by molar-refractivity contribution is 6.00. The van der Waals surface area contributed by atoms with Gasteiger partial charge in [0.15, 0.2) is 0 Å². The number of carbonyl (C=O) groups excluding carboxylic acids is 2. The average Bonchev–Trinajstić information content (AvgIpc) is 3.38. The number of aryl methyl sites for hydroxylation is 1. The third-order valence-corrected chi connectivity index (χ3v) is 6.90. The molecule has 7 nitrogen and oxygen atoms in total. The number of nitrogens with zero attached hydrogens (tertiary/aromatic N) is 3. The van der Waals surface area contributed by atoms with E-state index in [2.05, 4.69) is 11.9 Å². The molecule has 2 aromatic carbocycles. The molecule has 2 amide bonds. The fourth-order valence-electron chi connectivity index (χ4n) is 5.07. The van der Waals surface area contributed by atoms with E-state index in [0.717, 1.165) is 36.0 Å². The number of imidazole rings is 1. The second-order valence-corrected chi connectivity index (χ2v) is 8.80. The van der Waals surface area contributed by atoms with Crippen LogP contribution in [-0.2, 0) is 16.0 Å². The smallest absolute Gasteiger partial charge is 0.326 e. The molecule has 1 N–H and O–H groups in total. The van der Waals surface area contributed by atoms with Gasteiger partial charge in [0.1, 0.15) is 0 Å². The fraction of sp³-hybridized carbons (Fsp3) is 0.400. The lowest BCUT2D eigenvalue weighted by Crippen LogP contribution is -2.43. The number of hydrogen-bond donors (Lipinski definition) is 1. The van der Waals surface area contributed by atoms with Crippen LogP contribution in [0.4, 0.5) is 5.69 Å². The Balaban J connectivity index is 1.24. The summed E-state index contributed by atoms with van der Waals surface area (Å²) in [5.74, 6) is -0.246. The number of H-pyrrole nitrogens is 1. The number of anilines is 1. The second kappa shape index (κ2) is 8.30. The first kappa shape index (κ1) is 20.5. The molecular weight excluding hydrogens is 404 g/mol. The molecule has 0 aliphatic carbocycles. The van der Waals surface area contributed by atoms with E-state index in [4.69, 9.17) is 0 Å². The number of hydrogen-bond acceptors (Lipinski definition) is 3. The van der Waals surface area contributed by atoms with Gasteiger partial charge in [0, 0.05) is 37.8 Å². The molecule has 0 spiro atoms. The molecule has 1 aromatic heterocycles. The first-order valence-corrected chi connectivity index (χ1v) is 11.4. The van der Waals surface area contributed by atoms with Gasteiger partial charge in [0.25, 0.3) is 0 Å². The fourth-order valence-corrected chi connectivity index (χ4v) is 5.07. The third kappa shape index (κ3) is 3.61. The van der Waals surface area contributed by atoms with Crippen LogP contribution in [0.15, 0.2) is 53.3 Å². The molecule has 2 aliphatic heterocycles. The number of rotatable bonds is 4. The van der Waals surface area contributed by atoms with Crippen molar-refractivity contribution in [3.63, 3.8) is 0 Å². The van der Waals surface area contributed by atoms with Crippen LogP contribution in [0.1, 0.15) is 37.8 Å². The molecule has 2 fully saturated rings. The number of fused-ring (bicyclic) bond motifs is 1. The van der Waals surface area contributed by atoms with Crippen molar-refractivity contribution >= 4 is 28.5 Å². The highest BCUT2D eigenvalue weighted by atomic mass is 16.2. The van der Waals surface area contributed by atoms with Crippen LogP contribution in [0, 0.1) is 5.92 Å². The van der Waals surface area contributed by atoms with Crippen LogP contribution < -0.4 is 10.6 Å². The Labute approximate surface area is 186 Å². The van der Waals surface area contributed by atoms with E-state index in [1.807, 2.05) is 58.0 Å². The van der Waals surface area contributed by atoms with Gasteiger partial charge in [-0.1, -0.05) is 31.2 Å². The van der Waals surface area contributed by atoms with Crippen molar-refractivity contribution in [2.24, 2.45) is 5.92 Å². The van der Waals surface area contributed by atoms with E-state index in [1.165, 1.54) is 5.56 Å². The third-order valence-electron chi connectivity index (χ3n) is 6.90. The van der Waals surface area contributed by atoms with Gasteiger partial charge in [-0.15, -0.1) is 0 Å². The number of carbonyl (C=O) groups is 2. The average molecular weight is 433 g/mol. The van der Waals surface area contributed by atoms with Crippen LogP contribution in [-0.4, -0.2) is 45.9 Å². The quantitative estimate of drug-likeness (QED) is 0.688. The number of amides is 2. The van der Waals surface area contributed by atoms with E-state index in [9.17, 15) is 14.4 Å². The van der Waals surface area contributed by atoms with Crippen LogP contribution in [0.3, 0.4) is 0 Å². The van der Waals surface area contributed by atoms with Gasteiger partial charge in [0.2, 0.25) is 11.8 Å². The zero-order valence-electron chi connectivity index (χ0n) is 18.3. The Morgan fingerprint density at radius 3 is 2.47 bits per heavy atom. The van der Waals surface area contributed by atoms with Crippen LogP contribution >= 0.6 is 0 Å². The van der Waals surface area contributed by atoms with E-state index in [1.54, 1.807) is 4.90 Å². The summed E-state index contributed by atoms with van der Waals surface area (Å²) in [5, 5.41) is 0. The molecule has 32 heavy (non-hydrogen) atoms. The van der Waals surface area contributed by atoms with Gasteiger partial charge in [0.05, 0.1) is 17.0 Å². The van der Waals surface area contributed by atoms with Crippen LogP contribution in [0.5, 0.6) is 0 Å². The van der Waals surface area contributed by atoms with Crippen molar-refractivity contribution in [2.75, 3.05) is 24.5 Å². The maximum atomic E-state index is 13.2. The lowest BCUT2D eigenvalue weighted by molar-refractivity contribution is -0.137. The van der Waals surface area contributed by atoms with Gasteiger partial charge < -0.3 is 14.8 Å². The maximum Gasteiger partial charge on any atom is 0.326 e. The summed E-state index contributed by atoms with van der Waals surface area (Å²) in [5.41, 5.74) is 3.74. The van der Waals surface area contributed by atoms with Crippen molar-refractivity contribution in [3.8, 4) is 0 Å². The van der Waals surface area contributed by atoms with Gasteiger partial charge in [-0.25, -0.2) is 4.79 Å². The summed E-state index contributed by atoms with van der Waals surface area (Å²) in [6.07, 6.45) is 2.68. The highest BCUT2D eigenvalue weighted by Gasteiger charge is 2.38. The molecule has 7 heteroatoms.